The van der Waals surface area contributed by atoms with Crippen LogP contribution < -0.4 is 4.90 Å². The van der Waals surface area contributed by atoms with E-state index in [9.17, 15) is 5.26 Å². The molecule has 1 heterocycles. The highest BCUT2D eigenvalue weighted by molar-refractivity contribution is 6.17. The second-order valence-electron chi connectivity index (χ2n) is 5.44. The van der Waals surface area contributed by atoms with Crippen molar-refractivity contribution < 1.29 is 0 Å². The zero-order valence-corrected chi connectivity index (χ0v) is 12.6. The highest BCUT2D eigenvalue weighted by Crippen LogP contribution is 2.32. The number of halogens is 1. The van der Waals surface area contributed by atoms with Crippen LogP contribution in [-0.4, -0.2) is 13.1 Å². The van der Waals surface area contributed by atoms with Crippen molar-refractivity contribution in [3.05, 3.63) is 65.2 Å². The van der Waals surface area contributed by atoms with Crippen molar-refractivity contribution in [3.63, 3.8) is 0 Å². The van der Waals surface area contributed by atoms with Crippen LogP contribution in [0.3, 0.4) is 0 Å². The van der Waals surface area contributed by atoms with Gasteiger partial charge in [0.25, 0.3) is 0 Å². The van der Waals surface area contributed by atoms with Gasteiger partial charge in [-0.1, -0.05) is 36.4 Å². The summed E-state index contributed by atoms with van der Waals surface area (Å²) in [5.41, 5.74) is 4.14. The molecule has 0 spiro atoms. The maximum atomic E-state index is 9.36. The lowest BCUT2D eigenvalue weighted by atomic mass is 9.99. The molecule has 2 aromatic carbocycles. The first-order chi connectivity index (χ1) is 10.3. The van der Waals surface area contributed by atoms with Crippen molar-refractivity contribution >= 4 is 17.3 Å². The van der Waals surface area contributed by atoms with Crippen LogP contribution in [0.2, 0.25) is 0 Å². The molecule has 1 atom stereocenters. The van der Waals surface area contributed by atoms with Gasteiger partial charge >= 0.3 is 0 Å². The number of benzene rings is 2. The molecule has 0 aliphatic carbocycles. The average molecular weight is 297 g/mol. The van der Waals surface area contributed by atoms with Gasteiger partial charge in [0.15, 0.2) is 0 Å². The molecule has 0 N–H and O–H groups in total. The highest BCUT2D eigenvalue weighted by Gasteiger charge is 2.25. The Balaban J connectivity index is 1.82. The predicted octanol–water partition coefficient (Wildman–Crippen LogP) is 4.29. The normalized spacial score (nSPS) is 17.7. The van der Waals surface area contributed by atoms with Gasteiger partial charge < -0.3 is 4.90 Å². The van der Waals surface area contributed by atoms with Gasteiger partial charge in [-0.25, -0.2) is 0 Å². The van der Waals surface area contributed by atoms with Crippen molar-refractivity contribution in [2.75, 3.05) is 18.0 Å². The van der Waals surface area contributed by atoms with Gasteiger partial charge in [0.05, 0.1) is 11.3 Å². The predicted molar refractivity (Wildman–Crippen MR) is 86.7 cm³/mol. The zero-order chi connectivity index (χ0) is 14.7. The van der Waals surface area contributed by atoms with Gasteiger partial charge in [-0.2, -0.15) is 5.26 Å². The van der Waals surface area contributed by atoms with E-state index < -0.39 is 0 Å². The minimum absolute atomic E-state index is 0.446. The highest BCUT2D eigenvalue weighted by atomic mass is 35.5. The number of rotatable bonds is 3. The molecule has 0 radical (unpaired) electrons. The molecule has 2 aromatic rings. The summed E-state index contributed by atoms with van der Waals surface area (Å²) in [5.74, 6) is 0.993. The first kappa shape index (κ1) is 14.0. The topological polar surface area (TPSA) is 27.0 Å². The molecule has 1 saturated heterocycles. The van der Waals surface area contributed by atoms with Gasteiger partial charge in [0, 0.05) is 24.9 Å². The number of nitriles is 1. The van der Waals surface area contributed by atoms with Gasteiger partial charge in [-0.3, -0.25) is 0 Å². The van der Waals surface area contributed by atoms with Crippen molar-refractivity contribution in [1.29, 1.82) is 5.26 Å². The van der Waals surface area contributed by atoms with Gasteiger partial charge in [-0.05, 0) is 29.7 Å². The lowest BCUT2D eigenvalue weighted by Gasteiger charge is -2.20. The summed E-state index contributed by atoms with van der Waals surface area (Å²) < 4.78 is 0. The van der Waals surface area contributed by atoms with E-state index >= 15 is 0 Å². The Morgan fingerprint density at radius 2 is 2.00 bits per heavy atom. The Kier molecular flexibility index (Phi) is 4.13. The van der Waals surface area contributed by atoms with Crippen molar-refractivity contribution in [1.82, 2.24) is 0 Å². The average Bonchev–Trinajstić information content (AvgIpc) is 3.04. The zero-order valence-electron chi connectivity index (χ0n) is 11.8. The van der Waals surface area contributed by atoms with Crippen molar-refractivity contribution in [3.8, 4) is 6.07 Å². The van der Waals surface area contributed by atoms with Crippen LogP contribution in [-0.2, 0) is 5.88 Å². The number of anilines is 1. The number of hydrogen-bond acceptors (Lipinski definition) is 2. The van der Waals surface area contributed by atoms with E-state index in [2.05, 4.69) is 41.3 Å². The Bertz CT molecular complexity index is 661. The summed E-state index contributed by atoms with van der Waals surface area (Å²) in [4.78, 5) is 2.31. The summed E-state index contributed by atoms with van der Waals surface area (Å²) >= 11 is 5.85. The largest absolute Gasteiger partial charge is 0.370 e. The third kappa shape index (κ3) is 2.89. The Labute approximate surface area is 130 Å². The third-order valence-corrected chi connectivity index (χ3v) is 4.44. The van der Waals surface area contributed by atoms with Crippen molar-refractivity contribution in [2.45, 2.75) is 18.2 Å². The van der Waals surface area contributed by atoms with E-state index in [0.717, 1.165) is 36.3 Å². The smallest absolute Gasteiger partial charge is 0.101 e. The summed E-state index contributed by atoms with van der Waals surface area (Å²) in [7, 11) is 0. The maximum Gasteiger partial charge on any atom is 0.101 e. The van der Waals surface area contributed by atoms with E-state index in [1.807, 2.05) is 18.2 Å². The third-order valence-electron chi connectivity index (χ3n) is 4.14. The molecule has 1 unspecified atom stereocenters. The van der Waals surface area contributed by atoms with E-state index in [0.29, 0.717) is 11.8 Å². The first-order valence-electron chi connectivity index (χ1n) is 7.20. The summed E-state index contributed by atoms with van der Waals surface area (Å²) in [6.45, 7) is 1.97. The maximum absolute atomic E-state index is 9.36. The van der Waals surface area contributed by atoms with Crippen LogP contribution in [0.15, 0.2) is 48.5 Å². The van der Waals surface area contributed by atoms with E-state index in [-0.39, 0.29) is 0 Å². The van der Waals surface area contributed by atoms with E-state index in [1.165, 1.54) is 5.56 Å². The fourth-order valence-electron chi connectivity index (χ4n) is 3.01. The molecule has 0 bridgehead atoms. The molecule has 0 amide bonds. The monoisotopic (exact) mass is 296 g/mol. The van der Waals surface area contributed by atoms with Gasteiger partial charge in [0.2, 0.25) is 0 Å². The molecule has 1 aliphatic rings. The van der Waals surface area contributed by atoms with Crippen LogP contribution in [0.1, 0.15) is 29.0 Å². The summed E-state index contributed by atoms with van der Waals surface area (Å²) in [6.07, 6.45) is 1.13. The summed E-state index contributed by atoms with van der Waals surface area (Å²) in [5, 5.41) is 9.36. The number of hydrogen-bond donors (Lipinski definition) is 0. The van der Waals surface area contributed by atoms with Crippen LogP contribution in [0.5, 0.6) is 0 Å². The second-order valence-corrected chi connectivity index (χ2v) is 5.71. The van der Waals surface area contributed by atoms with E-state index in [4.69, 9.17) is 11.6 Å². The molecular weight excluding hydrogens is 280 g/mol. The van der Waals surface area contributed by atoms with Crippen LogP contribution in [0, 0.1) is 11.3 Å². The standard InChI is InChI=1S/C18H17ClN2/c19-11-14-6-7-18(17(10-14)12-20)21-9-8-16(13-21)15-4-2-1-3-5-15/h1-7,10,16H,8-9,11,13H2. The summed E-state index contributed by atoms with van der Waals surface area (Å²) in [6, 6.07) is 18.9. The number of alkyl halides is 1. The Hall–Kier alpha value is -1.98. The van der Waals surface area contributed by atoms with Crippen molar-refractivity contribution in [2.24, 2.45) is 0 Å². The molecule has 0 aromatic heterocycles. The van der Waals surface area contributed by atoms with Gasteiger partial charge in [0.1, 0.15) is 6.07 Å². The minimum atomic E-state index is 0.446. The Morgan fingerprint density at radius 1 is 1.19 bits per heavy atom. The fraction of sp³-hybridized carbons (Fsp3) is 0.278. The SMILES string of the molecule is N#Cc1cc(CCl)ccc1N1CCC(c2ccccc2)C1. The lowest BCUT2D eigenvalue weighted by Crippen LogP contribution is -2.20. The molecule has 2 nitrogen and oxygen atoms in total. The molecule has 0 saturated carbocycles. The van der Waals surface area contributed by atoms with Crippen LogP contribution >= 0.6 is 11.6 Å². The minimum Gasteiger partial charge on any atom is -0.370 e. The molecule has 3 rings (SSSR count). The number of nitrogens with zero attached hydrogens (tertiary/aromatic N) is 2. The molecule has 1 aliphatic heterocycles. The van der Waals surface area contributed by atoms with Gasteiger partial charge in [-0.15, -0.1) is 11.6 Å². The lowest BCUT2D eigenvalue weighted by molar-refractivity contribution is 0.775. The second kappa shape index (κ2) is 6.20. The molecule has 21 heavy (non-hydrogen) atoms. The fourth-order valence-corrected chi connectivity index (χ4v) is 3.17. The van der Waals surface area contributed by atoms with Crippen LogP contribution in [0.4, 0.5) is 5.69 Å². The molecule has 1 fully saturated rings. The van der Waals surface area contributed by atoms with Crippen LogP contribution in [0.25, 0.3) is 0 Å². The quantitative estimate of drug-likeness (QED) is 0.790. The molecule has 3 heteroatoms. The Morgan fingerprint density at radius 3 is 2.71 bits per heavy atom. The first-order valence-corrected chi connectivity index (χ1v) is 7.74. The molecule has 106 valence electrons. The molecular formula is C18H17ClN2. The van der Waals surface area contributed by atoms with E-state index in [1.54, 1.807) is 0 Å².